The fraction of sp³-hybridized carbons (Fsp3) is 0.231. The average molecular weight is 502 g/mol. The second kappa shape index (κ2) is 10.8. The van der Waals surface area contributed by atoms with Crippen LogP contribution in [-0.4, -0.2) is 28.1 Å². The molecule has 3 rings (SSSR count). The van der Waals surface area contributed by atoms with Crippen molar-refractivity contribution in [3.8, 4) is 28.4 Å². The first-order valence-corrected chi connectivity index (χ1v) is 11.4. The highest BCUT2D eigenvalue weighted by molar-refractivity contribution is 6.37. The van der Waals surface area contributed by atoms with Gasteiger partial charge in [0.1, 0.15) is 17.5 Å². The molecule has 1 amide bonds. The number of benzene rings is 3. The van der Waals surface area contributed by atoms with E-state index >= 15 is 0 Å². The van der Waals surface area contributed by atoms with E-state index in [-0.39, 0.29) is 33.9 Å². The molecule has 3 N–H and O–H groups in total. The van der Waals surface area contributed by atoms with E-state index in [0.717, 1.165) is 11.1 Å². The number of nitrogens with one attached hydrogen (secondary N) is 1. The van der Waals surface area contributed by atoms with Crippen molar-refractivity contribution in [2.24, 2.45) is 5.92 Å². The first-order valence-electron chi connectivity index (χ1n) is 10.6. The number of phenols is 1. The third-order valence-corrected chi connectivity index (χ3v) is 5.75. The summed E-state index contributed by atoms with van der Waals surface area (Å²) in [4.78, 5) is 23.7. The van der Waals surface area contributed by atoms with E-state index < -0.39 is 17.9 Å². The van der Waals surface area contributed by atoms with Crippen LogP contribution in [0.25, 0.3) is 11.1 Å². The quantitative estimate of drug-likeness (QED) is 0.339. The van der Waals surface area contributed by atoms with Gasteiger partial charge in [-0.3, -0.25) is 4.79 Å². The van der Waals surface area contributed by atoms with Crippen LogP contribution in [0.5, 0.6) is 17.2 Å². The van der Waals surface area contributed by atoms with Crippen LogP contribution in [0.3, 0.4) is 0 Å². The zero-order valence-corrected chi connectivity index (χ0v) is 20.4. The highest BCUT2D eigenvalue weighted by atomic mass is 35.5. The summed E-state index contributed by atoms with van der Waals surface area (Å²) in [7, 11) is 0. The lowest BCUT2D eigenvalue weighted by atomic mass is 10.0. The molecule has 0 bridgehead atoms. The maximum atomic E-state index is 12.3. The van der Waals surface area contributed by atoms with Crippen molar-refractivity contribution in [3.05, 3.63) is 75.8 Å². The molecule has 0 aliphatic rings. The highest BCUT2D eigenvalue weighted by Gasteiger charge is 2.23. The van der Waals surface area contributed by atoms with Gasteiger partial charge in [0.05, 0.1) is 16.5 Å². The van der Waals surface area contributed by atoms with Crippen LogP contribution < -0.4 is 10.1 Å². The minimum absolute atomic E-state index is 0.0903. The van der Waals surface area contributed by atoms with Crippen LogP contribution in [-0.2, 0) is 16.0 Å². The summed E-state index contributed by atoms with van der Waals surface area (Å²) >= 11 is 12.8. The van der Waals surface area contributed by atoms with Crippen molar-refractivity contribution >= 4 is 35.1 Å². The molecule has 3 aromatic rings. The Kier molecular flexibility index (Phi) is 8.07. The largest absolute Gasteiger partial charge is 0.507 e. The van der Waals surface area contributed by atoms with E-state index in [1.54, 1.807) is 38.1 Å². The van der Waals surface area contributed by atoms with Crippen molar-refractivity contribution in [1.29, 1.82) is 0 Å². The van der Waals surface area contributed by atoms with Gasteiger partial charge in [0.2, 0.25) is 5.91 Å². The Morgan fingerprint density at radius 2 is 1.71 bits per heavy atom. The molecule has 8 heteroatoms. The maximum Gasteiger partial charge on any atom is 0.326 e. The van der Waals surface area contributed by atoms with Gasteiger partial charge in [-0.15, -0.1) is 0 Å². The van der Waals surface area contributed by atoms with Crippen LogP contribution in [0.1, 0.15) is 25.0 Å². The van der Waals surface area contributed by atoms with E-state index in [1.807, 2.05) is 31.2 Å². The summed E-state index contributed by atoms with van der Waals surface area (Å²) in [6.07, 6.45) is -0.0903. The normalized spacial score (nSPS) is 11.8. The summed E-state index contributed by atoms with van der Waals surface area (Å²) in [5.74, 6) is -1.08. The van der Waals surface area contributed by atoms with E-state index in [4.69, 9.17) is 27.9 Å². The summed E-state index contributed by atoms with van der Waals surface area (Å²) in [6.45, 7) is 5.40. The highest BCUT2D eigenvalue weighted by Crippen LogP contribution is 2.40. The number of amides is 1. The minimum atomic E-state index is -1.10. The Balaban J connectivity index is 1.80. The van der Waals surface area contributed by atoms with Crippen molar-refractivity contribution in [2.75, 3.05) is 0 Å². The Bertz CT molecular complexity index is 1200. The lowest BCUT2D eigenvalue weighted by molar-refractivity contribution is -0.143. The number of halogens is 2. The van der Waals surface area contributed by atoms with Gasteiger partial charge >= 0.3 is 5.97 Å². The molecule has 0 aliphatic heterocycles. The van der Waals surface area contributed by atoms with Gasteiger partial charge < -0.3 is 20.3 Å². The molecule has 34 heavy (non-hydrogen) atoms. The molecule has 0 spiro atoms. The van der Waals surface area contributed by atoms with Crippen LogP contribution in [0, 0.1) is 12.8 Å². The molecule has 0 radical (unpaired) electrons. The zero-order chi connectivity index (χ0) is 25.0. The van der Waals surface area contributed by atoms with E-state index in [9.17, 15) is 19.8 Å². The second-order valence-electron chi connectivity index (χ2n) is 8.34. The third kappa shape index (κ3) is 6.22. The molecule has 1 atom stereocenters. The number of hydrogen-bond donors (Lipinski definition) is 3. The van der Waals surface area contributed by atoms with Crippen LogP contribution in [0.2, 0.25) is 10.0 Å². The van der Waals surface area contributed by atoms with Crippen molar-refractivity contribution in [1.82, 2.24) is 5.32 Å². The van der Waals surface area contributed by atoms with Gasteiger partial charge in [-0.05, 0) is 54.3 Å². The van der Waals surface area contributed by atoms with E-state index in [1.165, 1.54) is 6.07 Å². The lowest BCUT2D eigenvalue weighted by Crippen LogP contribution is -2.44. The number of aromatic hydroxyl groups is 1. The molecule has 6 nitrogen and oxygen atoms in total. The Morgan fingerprint density at radius 1 is 1.03 bits per heavy atom. The first-order chi connectivity index (χ1) is 16.0. The number of rotatable bonds is 8. The van der Waals surface area contributed by atoms with Gasteiger partial charge in [0.25, 0.3) is 0 Å². The van der Waals surface area contributed by atoms with Gasteiger partial charge in [0, 0.05) is 5.56 Å². The van der Waals surface area contributed by atoms with E-state index in [2.05, 4.69) is 5.32 Å². The molecule has 0 heterocycles. The fourth-order valence-electron chi connectivity index (χ4n) is 3.48. The summed E-state index contributed by atoms with van der Waals surface area (Å²) in [5.41, 5.74) is 3.00. The SMILES string of the molecule is Cc1cccc(-c2cc(Oc3c(Cl)cc(CC(=O)N[C@@H](C(=O)O)C(C)C)cc3Cl)ccc2O)c1. The molecule has 0 aromatic heterocycles. The first kappa shape index (κ1) is 25.4. The van der Waals surface area contributed by atoms with Gasteiger partial charge in [-0.2, -0.15) is 0 Å². The molecular formula is C26H25Cl2NO5. The van der Waals surface area contributed by atoms with Gasteiger partial charge in [-0.25, -0.2) is 4.79 Å². The summed E-state index contributed by atoms with van der Waals surface area (Å²) in [5, 5.41) is 22.5. The smallest absolute Gasteiger partial charge is 0.326 e. The number of ether oxygens (including phenoxy) is 1. The van der Waals surface area contributed by atoms with E-state index in [0.29, 0.717) is 16.9 Å². The number of carboxylic acid groups (broad SMARTS) is 1. The summed E-state index contributed by atoms with van der Waals surface area (Å²) < 4.78 is 5.92. The predicted molar refractivity (Wildman–Crippen MR) is 133 cm³/mol. The standard InChI is InChI=1S/C26H25Cl2NO5/c1-14(2)24(26(32)33)29-23(31)12-16-10-20(27)25(21(28)11-16)34-18-7-8-22(30)19(13-18)17-6-4-5-15(3)9-17/h4-11,13-14,24,30H,12H2,1-3H3,(H,29,31)(H,32,33)/t24-/m1/s1. The van der Waals surface area contributed by atoms with Gasteiger partial charge in [-0.1, -0.05) is 66.9 Å². The molecule has 0 unspecified atom stereocenters. The van der Waals surface area contributed by atoms with Gasteiger partial charge in [0.15, 0.2) is 5.75 Å². The van der Waals surface area contributed by atoms with Crippen LogP contribution in [0.15, 0.2) is 54.6 Å². The second-order valence-corrected chi connectivity index (χ2v) is 9.16. The number of carboxylic acids is 1. The predicted octanol–water partition coefficient (Wildman–Crippen LogP) is 6.23. The number of hydrogen-bond acceptors (Lipinski definition) is 4. The van der Waals surface area contributed by atoms with Crippen molar-refractivity contribution in [3.63, 3.8) is 0 Å². The number of phenolic OH excluding ortho intramolecular Hbond substituents is 1. The Hall–Kier alpha value is -3.22. The molecule has 0 saturated heterocycles. The summed E-state index contributed by atoms with van der Waals surface area (Å²) in [6, 6.07) is 14.6. The van der Waals surface area contributed by atoms with Crippen molar-refractivity contribution in [2.45, 2.75) is 33.2 Å². The van der Waals surface area contributed by atoms with Crippen LogP contribution >= 0.6 is 23.2 Å². The molecule has 0 aliphatic carbocycles. The van der Waals surface area contributed by atoms with Crippen molar-refractivity contribution < 1.29 is 24.5 Å². The maximum absolute atomic E-state index is 12.3. The number of aliphatic carboxylic acids is 1. The number of carbonyl (C=O) groups is 2. The Labute approximate surface area is 208 Å². The topological polar surface area (TPSA) is 95.9 Å². The molecule has 0 fully saturated rings. The molecule has 3 aromatic carbocycles. The Morgan fingerprint density at radius 3 is 2.29 bits per heavy atom. The number of carbonyl (C=O) groups excluding carboxylic acids is 1. The zero-order valence-electron chi connectivity index (χ0n) is 18.9. The lowest BCUT2D eigenvalue weighted by Gasteiger charge is -2.18. The molecule has 0 saturated carbocycles. The minimum Gasteiger partial charge on any atom is -0.507 e. The fourth-order valence-corrected chi connectivity index (χ4v) is 4.09. The number of aryl methyl sites for hydroxylation is 1. The monoisotopic (exact) mass is 501 g/mol. The third-order valence-electron chi connectivity index (χ3n) is 5.19. The average Bonchev–Trinajstić information content (AvgIpc) is 2.75. The molecular weight excluding hydrogens is 477 g/mol. The molecule has 178 valence electrons. The van der Waals surface area contributed by atoms with Crippen LogP contribution in [0.4, 0.5) is 0 Å².